The molecular formula is C14H7Cl2NO2S. The molecule has 0 unspecified atom stereocenters. The van der Waals surface area contributed by atoms with Gasteiger partial charge in [-0.05, 0) is 29.2 Å². The van der Waals surface area contributed by atoms with Crippen LogP contribution in [0.5, 0.6) is 0 Å². The Morgan fingerprint density at radius 1 is 1.20 bits per heavy atom. The third-order valence-corrected chi connectivity index (χ3v) is 4.32. The summed E-state index contributed by atoms with van der Waals surface area (Å²) in [6.45, 7) is 0. The summed E-state index contributed by atoms with van der Waals surface area (Å²) >= 11 is 13.5. The van der Waals surface area contributed by atoms with Crippen molar-refractivity contribution in [3.05, 3.63) is 61.9 Å². The Hall–Kier alpha value is -1.62. The zero-order valence-corrected chi connectivity index (χ0v) is 12.3. The van der Waals surface area contributed by atoms with Gasteiger partial charge >= 0.3 is 5.97 Å². The highest BCUT2D eigenvalue weighted by atomic mass is 35.5. The maximum absolute atomic E-state index is 11.8. The number of cyclic esters (lactones) is 1. The van der Waals surface area contributed by atoms with Crippen LogP contribution in [0, 0.1) is 0 Å². The molecule has 1 aromatic heterocycles. The molecule has 0 amide bonds. The molecular weight excluding hydrogens is 317 g/mol. The molecule has 3 nitrogen and oxygen atoms in total. The summed E-state index contributed by atoms with van der Waals surface area (Å²) in [7, 11) is 0. The van der Waals surface area contributed by atoms with Gasteiger partial charge in [-0.1, -0.05) is 41.4 Å². The topological polar surface area (TPSA) is 38.7 Å². The number of ether oxygens (including phenoxy) is 1. The van der Waals surface area contributed by atoms with E-state index in [-0.39, 0.29) is 5.70 Å². The number of halogens is 2. The maximum atomic E-state index is 11.8. The lowest BCUT2D eigenvalue weighted by atomic mass is 10.2. The van der Waals surface area contributed by atoms with E-state index in [1.165, 1.54) is 11.3 Å². The van der Waals surface area contributed by atoms with Crippen LogP contribution in [-0.2, 0) is 9.53 Å². The molecule has 0 bridgehead atoms. The van der Waals surface area contributed by atoms with Crippen LogP contribution in [0.3, 0.4) is 0 Å². The van der Waals surface area contributed by atoms with Crippen molar-refractivity contribution >= 4 is 52.5 Å². The minimum absolute atomic E-state index is 0.206. The van der Waals surface area contributed by atoms with Crippen molar-refractivity contribution in [2.24, 2.45) is 4.99 Å². The fourth-order valence-electron chi connectivity index (χ4n) is 1.69. The lowest BCUT2D eigenvalue weighted by Gasteiger charge is -1.99. The number of aliphatic imine (C=N–C) groups is 1. The van der Waals surface area contributed by atoms with Gasteiger partial charge < -0.3 is 4.74 Å². The number of carbonyl (C=O) groups is 1. The second kappa shape index (κ2) is 5.40. The van der Waals surface area contributed by atoms with Gasteiger partial charge in [-0.25, -0.2) is 9.79 Å². The molecule has 6 heteroatoms. The van der Waals surface area contributed by atoms with Crippen LogP contribution < -0.4 is 0 Å². The molecule has 0 saturated carbocycles. The summed E-state index contributed by atoms with van der Waals surface area (Å²) in [5.74, 6) is -0.182. The maximum Gasteiger partial charge on any atom is 0.363 e. The molecule has 2 aromatic rings. The molecule has 0 saturated heterocycles. The Morgan fingerprint density at radius 3 is 2.80 bits per heavy atom. The molecule has 1 aliphatic rings. The van der Waals surface area contributed by atoms with Crippen molar-refractivity contribution in [2.45, 2.75) is 0 Å². The number of thiophene rings is 1. The van der Waals surface area contributed by atoms with E-state index in [9.17, 15) is 4.79 Å². The van der Waals surface area contributed by atoms with E-state index in [4.69, 9.17) is 27.9 Å². The van der Waals surface area contributed by atoms with Crippen molar-refractivity contribution in [1.29, 1.82) is 0 Å². The second-order valence-corrected chi connectivity index (χ2v) is 5.69. The van der Waals surface area contributed by atoms with E-state index in [1.807, 2.05) is 17.5 Å². The first kappa shape index (κ1) is 13.4. The molecule has 0 aliphatic carbocycles. The molecule has 0 radical (unpaired) electrons. The van der Waals surface area contributed by atoms with Gasteiger partial charge in [-0.15, -0.1) is 11.3 Å². The molecule has 20 heavy (non-hydrogen) atoms. The van der Waals surface area contributed by atoms with E-state index in [2.05, 4.69) is 4.99 Å². The van der Waals surface area contributed by atoms with E-state index >= 15 is 0 Å². The Labute approximate surface area is 129 Å². The molecule has 1 aliphatic heterocycles. The van der Waals surface area contributed by atoms with Gasteiger partial charge in [0.05, 0.1) is 14.9 Å². The molecule has 0 spiro atoms. The summed E-state index contributed by atoms with van der Waals surface area (Å²) in [6.07, 6.45) is 1.57. The number of benzene rings is 1. The molecule has 100 valence electrons. The van der Waals surface area contributed by atoms with Crippen LogP contribution in [0.1, 0.15) is 10.4 Å². The van der Waals surface area contributed by atoms with Gasteiger partial charge in [-0.3, -0.25) is 0 Å². The van der Waals surface area contributed by atoms with E-state index < -0.39 is 5.97 Å². The average Bonchev–Trinajstić information content (AvgIpc) is 3.05. The molecule has 3 rings (SSSR count). The fourth-order valence-corrected chi connectivity index (χ4v) is 2.71. The van der Waals surface area contributed by atoms with Crippen LogP contribution in [0.4, 0.5) is 0 Å². The first-order valence-corrected chi connectivity index (χ1v) is 7.29. The smallest absolute Gasteiger partial charge is 0.363 e. The third-order valence-electron chi connectivity index (χ3n) is 2.63. The van der Waals surface area contributed by atoms with Crippen molar-refractivity contribution in [2.75, 3.05) is 0 Å². The highest BCUT2D eigenvalue weighted by Crippen LogP contribution is 2.29. The van der Waals surface area contributed by atoms with E-state index in [0.29, 0.717) is 21.5 Å². The second-order valence-electron chi connectivity index (χ2n) is 3.96. The molecule has 2 heterocycles. The lowest BCUT2D eigenvalue weighted by molar-refractivity contribution is -0.129. The molecule has 0 atom stereocenters. The summed E-state index contributed by atoms with van der Waals surface area (Å²) < 4.78 is 5.14. The highest BCUT2D eigenvalue weighted by Gasteiger charge is 2.24. The number of carbonyl (C=O) groups excluding carboxylic acids is 1. The minimum Gasteiger partial charge on any atom is -0.401 e. The van der Waals surface area contributed by atoms with Crippen LogP contribution in [0.25, 0.3) is 6.08 Å². The largest absolute Gasteiger partial charge is 0.401 e. The summed E-state index contributed by atoms with van der Waals surface area (Å²) in [5, 5.41) is 2.70. The van der Waals surface area contributed by atoms with Crippen LogP contribution in [0.15, 0.2) is 46.4 Å². The molecule has 0 fully saturated rings. The summed E-state index contributed by atoms with van der Waals surface area (Å²) in [4.78, 5) is 16.8. The first-order valence-electron chi connectivity index (χ1n) is 5.65. The predicted molar refractivity (Wildman–Crippen MR) is 81.4 cm³/mol. The van der Waals surface area contributed by atoms with Crippen molar-refractivity contribution < 1.29 is 9.53 Å². The quantitative estimate of drug-likeness (QED) is 0.607. The average molecular weight is 324 g/mol. The highest BCUT2D eigenvalue weighted by molar-refractivity contribution is 7.12. The Balaban J connectivity index is 1.99. The predicted octanol–water partition coefficient (Wildman–Crippen LogP) is 4.40. The Morgan fingerprint density at radius 2 is 2.05 bits per heavy atom. The number of hydrogen-bond acceptors (Lipinski definition) is 4. The van der Waals surface area contributed by atoms with Gasteiger partial charge in [0.1, 0.15) is 0 Å². The number of rotatable bonds is 2. The summed E-state index contributed by atoms with van der Waals surface area (Å²) in [6, 6.07) is 8.90. The van der Waals surface area contributed by atoms with Crippen molar-refractivity contribution in [3.63, 3.8) is 0 Å². The number of hydrogen-bond donors (Lipinski definition) is 0. The SMILES string of the molecule is O=C1OC(c2cccs2)=N/C1=C\c1cccc(Cl)c1Cl. The standard InChI is InChI=1S/C14H7Cl2NO2S/c15-9-4-1-3-8(12(9)16)7-10-14(18)19-13(17-10)11-5-2-6-20-11/h1-7H/b10-7-. The van der Waals surface area contributed by atoms with Crippen LogP contribution in [0.2, 0.25) is 10.0 Å². The van der Waals surface area contributed by atoms with Crippen molar-refractivity contribution in [1.82, 2.24) is 0 Å². The normalized spacial score (nSPS) is 16.4. The Kier molecular flexibility index (Phi) is 3.61. The molecule has 0 N–H and O–H groups in total. The fraction of sp³-hybridized carbons (Fsp3) is 0. The van der Waals surface area contributed by atoms with Gasteiger partial charge in [-0.2, -0.15) is 0 Å². The minimum atomic E-state index is -0.496. The first-order chi connectivity index (χ1) is 9.65. The third kappa shape index (κ3) is 2.50. The van der Waals surface area contributed by atoms with Crippen molar-refractivity contribution in [3.8, 4) is 0 Å². The van der Waals surface area contributed by atoms with Crippen LogP contribution >= 0.6 is 34.5 Å². The van der Waals surface area contributed by atoms with Gasteiger partial charge in [0.25, 0.3) is 0 Å². The van der Waals surface area contributed by atoms with Crippen LogP contribution in [-0.4, -0.2) is 11.9 Å². The molecule has 1 aromatic carbocycles. The van der Waals surface area contributed by atoms with E-state index in [1.54, 1.807) is 24.3 Å². The summed E-state index contributed by atoms with van der Waals surface area (Å²) in [5.41, 5.74) is 0.833. The van der Waals surface area contributed by atoms with E-state index in [0.717, 1.165) is 4.88 Å². The monoisotopic (exact) mass is 323 g/mol. The number of esters is 1. The van der Waals surface area contributed by atoms with Gasteiger partial charge in [0, 0.05) is 0 Å². The Bertz CT molecular complexity index is 736. The van der Waals surface area contributed by atoms with Gasteiger partial charge in [0.15, 0.2) is 5.70 Å². The zero-order valence-electron chi connectivity index (χ0n) is 9.97. The lowest BCUT2D eigenvalue weighted by Crippen LogP contribution is -2.03. The zero-order chi connectivity index (χ0) is 14.1. The van der Waals surface area contributed by atoms with Gasteiger partial charge in [0.2, 0.25) is 5.90 Å². The number of nitrogens with zero attached hydrogens (tertiary/aromatic N) is 1.